The second-order valence-corrected chi connectivity index (χ2v) is 8.10. The third-order valence-electron chi connectivity index (χ3n) is 6.39. The van der Waals surface area contributed by atoms with Crippen LogP contribution in [0.5, 0.6) is 17.2 Å². The number of benzene rings is 2. The van der Waals surface area contributed by atoms with E-state index in [1.54, 1.807) is 7.11 Å². The van der Waals surface area contributed by atoms with Crippen LogP contribution in [0.1, 0.15) is 29.5 Å². The Morgan fingerprint density at radius 2 is 1.77 bits per heavy atom. The summed E-state index contributed by atoms with van der Waals surface area (Å²) in [5.41, 5.74) is 4.57. The van der Waals surface area contributed by atoms with Crippen LogP contribution in [0.25, 0.3) is 11.1 Å². The fourth-order valence-electron chi connectivity index (χ4n) is 4.08. The van der Waals surface area contributed by atoms with E-state index in [9.17, 15) is 4.79 Å². The number of hydrogen-bond acceptors (Lipinski definition) is 5. The quantitative estimate of drug-likeness (QED) is 0.649. The van der Waals surface area contributed by atoms with Crippen LogP contribution in [0.3, 0.4) is 0 Å². The lowest BCUT2D eigenvalue weighted by atomic mass is 9.94. The van der Waals surface area contributed by atoms with E-state index in [1.807, 2.05) is 55.6 Å². The Bertz CT molecular complexity index is 1170. The largest absolute Gasteiger partial charge is 0.497 e. The molecule has 0 radical (unpaired) electrons. The first-order valence-corrected chi connectivity index (χ1v) is 10.3. The minimum absolute atomic E-state index is 0.0291. The lowest BCUT2D eigenvalue weighted by molar-refractivity contribution is -0.118. The third kappa shape index (κ3) is 3.28. The molecule has 6 nitrogen and oxygen atoms in total. The molecule has 158 valence electrons. The van der Waals surface area contributed by atoms with Gasteiger partial charge in [0.05, 0.1) is 12.5 Å². The van der Waals surface area contributed by atoms with Crippen LogP contribution in [-0.2, 0) is 10.2 Å². The number of amides is 1. The fourth-order valence-corrected chi connectivity index (χ4v) is 4.08. The predicted octanol–water partition coefficient (Wildman–Crippen LogP) is 4.77. The van der Waals surface area contributed by atoms with Gasteiger partial charge in [-0.3, -0.25) is 4.79 Å². The number of ether oxygens (including phenoxy) is 3. The molecule has 5 rings (SSSR count). The number of hydrogen-bond donors (Lipinski definition) is 1. The molecule has 1 aliphatic carbocycles. The maximum Gasteiger partial charge on any atom is 0.236 e. The average Bonchev–Trinajstić information content (AvgIpc) is 3.48. The summed E-state index contributed by atoms with van der Waals surface area (Å²) >= 11 is 0. The topological polar surface area (TPSA) is 69.7 Å². The first kappa shape index (κ1) is 19.4. The number of pyridine rings is 1. The summed E-state index contributed by atoms with van der Waals surface area (Å²) in [6, 6.07) is 13.6. The zero-order chi connectivity index (χ0) is 21.6. The maximum absolute atomic E-state index is 13.2. The van der Waals surface area contributed by atoms with Crippen molar-refractivity contribution in [3.63, 3.8) is 0 Å². The van der Waals surface area contributed by atoms with Gasteiger partial charge >= 0.3 is 0 Å². The molecule has 0 bridgehead atoms. The van der Waals surface area contributed by atoms with Crippen LogP contribution < -0.4 is 19.5 Å². The Morgan fingerprint density at radius 3 is 2.48 bits per heavy atom. The molecule has 2 aromatic carbocycles. The number of methoxy groups -OCH3 is 1. The highest BCUT2D eigenvalue weighted by Crippen LogP contribution is 2.51. The Hall–Kier alpha value is -3.54. The minimum Gasteiger partial charge on any atom is -0.497 e. The highest BCUT2D eigenvalue weighted by Gasteiger charge is 2.52. The molecule has 1 fully saturated rings. The molecule has 1 saturated carbocycles. The minimum atomic E-state index is -0.530. The van der Waals surface area contributed by atoms with Crippen molar-refractivity contribution in [3.8, 4) is 28.4 Å². The van der Waals surface area contributed by atoms with Crippen molar-refractivity contribution in [1.82, 2.24) is 4.98 Å². The van der Waals surface area contributed by atoms with Gasteiger partial charge in [0.25, 0.3) is 0 Å². The standard InChI is InChI=1S/C25H24N2O4/c1-15-16(2)23(26-13-20(15)17-4-7-19(29-3)8-5-17)27-24(28)25(10-11-25)18-6-9-21-22(12-18)31-14-30-21/h4-9,12-13H,10-11,14H2,1-3H3,(H,26,27,28). The van der Waals surface area contributed by atoms with Crippen molar-refractivity contribution in [3.05, 3.63) is 65.4 Å². The Balaban J connectivity index is 1.39. The molecule has 31 heavy (non-hydrogen) atoms. The van der Waals surface area contributed by atoms with Gasteiger partial charge in [-0.1, -0.05) is 18.2 Å². The lowest BCUT2D eigenvalue weighted by Crippen LogP contribution is -2.28. The molecular formula is C25H24N2O4. The first-order valence-electron chi connectivity index (χ1n) is 10.3. The highest BCUT2D eigenvalue weighted by molar-refractivity contribution is 6.01. The summed E-state index contributed by atoms with van der Waals surface area (Å²) in [5, 5.41) is 3.07. The molecular weight excluding hydrogens is 392 g/mol. The van der Waals surface area contributed by atoms with Gasteiger partial charge < -0.3 is 19.5 Å². The van der Waals surface area contributed by atoms with E-state index >= 15 is 0 Å². The molecule has 1 aromatic heterocycles. The monoisotopic (exact) mass is 416 g/mol. The molecule has 0 atom stereocenters. The molecule has 6 heteroatoms. The van der Waals surface area contributed by atoms with Gasteiger partial charge in [-0.25, -0.2) is 4.98 Å². The summed E-state index contributed by atoms with van der Waals surface area (Å²) in [6.45, 7) is 4.27. The van der Waals surface area contributed by atoms with Crippen LogP contribution >= 0.6 is 0 Å². The van der Waals surface area contributed by atoms with Gasteiger partial charge in [0.15, 0.2) is 11.5 Å². The molecule has 0 unspecified atom stereocenters. The smallest absolute Gasteiger partial charge is 0.236 e. The number of fused-ring (bicyclic) bond motifs is 1. The number of carbonyl (C=O) groups is 1. The second-order valence-electron chi connectivity index (χ2n) is 8.10. The number of nitrogens with one attached hydrogen (secondary N) is 1. The second kappa shape index (κ2) is 7.30. The van der Waals surface area contributed by atoms with E-state index in [0.29, 0.717) is 11.6 Å². The number of aromatic nitrogens is 1. The average molecular weight is 416 g/mol. The van der Waals surface area contributed by atoms with Gasteiger partial charge in [-0.15, -0.1) is 0 Å². The number of anilines is 1. The van der Waals surface area contributed by atoms with Gasteiger partial charge in [0.1, 0.15) is 11.6 Å². The Morgan fingerprint density at radius 1 is 1.03 bits per heavy atom. The van der Waals surface area contributed by atoms with E-state index in [4.69, 9.17) is 14.2 Å². The molecule has 0 saturated heterocycles. The van der Waals surface area contributed by atoms with Crippen LogP contribution in [0, 0.1) is 13.8 Å². The molecule has 3 aromatic rings. The van der Waals surface area contributed by atoms with Crippen molar-refractivity contribution >= 4 is 11.7 Å². The molecule has 1 amide bonds. The van der Waals surface area contributed by atoms with E-state index in [2.05, 4.69) is 17.2 Å². The predicted molar refractivity (Wildman–Crippen MR) is 118 cm³/mol. The van der Waals surface area contributed by atoms with Crippen molar-refractivity contribution < 1.29 is 19.0 Å². The van der Waals surface area contributed by atoms with Crippen molar-refractivity contribution in [2.75, 3.05) is 19.2 Å². The van der Waals surface area contributed by atoms with Crippen LogP contribution in [0.2, 0.25) is 0 Å². The SMILES string of the molecule is COc1ccc(-c2cnc(NC(=O)C3(c4ccc5c(c4)OCO5)CC3)c(C)c2C)cc1. The van der Waals surface area contributed by atoms with Crippen molar-refractivity contribution in [2.45, 2.75) is 32.1 Å². The number of rotatable bonds is 5. The third-order valence-corrected chi connectivity index (χ3v) is 6.39. The summed E-state index contributed by atoms with van der Waals surface area (Å²) in [6.07, 6.45) is 3.43. The lowest BCUT2D eigenvalue weighted by Gasteiger charge is -2.18. The summed E-state index contributed by atoms with van der Waals surface area (Å²) in [7, 11) is 1.65. The first-order chi connectivity index (χ1) is 15.0. The molecule has 1 N–H and O–H groups in total. The van der Waals surface area contributed by atoms with Crippen LogP contribution in [0.15, 0.2) is 48.7 Å². The zero-order valence-corrected chi connectivity index (χ0v) is 17.8. The summed E-state index contributed by atoms with van der Waals surface area (Å²) in [5.74, 6) is 2.81. The molecule has 2 aliphatic rings. The van der Waals surface area contributed by atoms with E-state index in [0.717, 1.165) is 52.2 Å². The van der Waals surface area contributed by atoms with Gasteiger partial charge in [-0.2, -0.15) is 0 Å². The van der Waals surface area contributed by atoms with Crippen LogP contribution in [0.4, 0.5) is 5.82 Å². The fraction of sp³-hybridized carbons (Fsp3) is 0.280. The summed E-state index contributed by atoms with van der Waals surface area (Å²) in [4.78, 5) is 17.8. The normalized spacial score (nSPS) is 15.5. The van der Waals surface area contributed by atoms with Gasteiger partial charge in [0, 0.05) is 11.8 Å². The van der Waals surface area contributed by atoms with Crippen molar-refractivity contribution in [2.24, 2.45) is 0 Å². The van der Waals surface area contributed by atoms with Gasteiger partial charge in [-0.05, 0) is 73.2 Å². The molecule has 2 heterocycles. The van der Waals surface area contributed by atoms with E-state index < -0.39 is 5.41 Å². The summed E-state index contributed by atoms with van der Waals surface area (Å²) < 4.78 is 16.1. The number of carbonyl (C=O) groups excluding carboxylic acids is 1. The Kier molecular flexibility index (Phi) is 4.58. The van der Waals surface area contributed by atoms with E-state index in [-0.39, 0.29) is 12.7 Å². The number of nitrogens with zero attached hydrogens (tertiary/aromatic N) is 1. The van der Waals surface area contributed by atoms with Crippen molar-refractivity contribution in [1.29, 1.82) is 0 Å². The van der Waals surface area contributed by atoms with E-state index in [1.165, 1.54) is 0 Å². The maximum atomic E-state index is 13.2. The zero-order valence-electron chi connectivity index (χ0n) is 17.8. The Labute approximate surface area is 181 Å². The van der Waals surface area contributed by atoms with Gasteiger partial charge in [0.2, 0.25) is 12.7 Å². The molecule has 1 aliphatic heterocycles. The highest BCUT2D eigenvalue weighted by atomic mass is 16.7. The van der Waals surface area contributed by atoms with Crippen LogP contribution in [-0.4, -0.2) is 24.8 Å². The molecule has 0 spiro atoms.